The van der Waals surface area contributed by atoms with Crippen molar-refractivity contribution in [3.8, 4) is 0 Å². The molecular formula is C27H31ClN4O. The van der Waals surface area contributed by atoms with Gasteiger partial charge in [0.1, 0.15) is 5.76 Å². The quantitative estimate of drug-likeness (QED) is 0.439. The number of anilines is 1. The summed E-state index contributed by atoms with van der Waals surface area (Å²) in [6, 6.07) is 12.6. The number of benzene rings is 1. The second kappa shape index (κ2) is 10.6. The van der Waals surface area contributed by atoms with Gasteiger partial charge in [-0.05, 0) is 68.8 Å². The highest BCUT2D eigenvalue weighted by Crippen LogP contribution is 2.25. The monoisotopic (exact) mass is 462 g/mol. The Morgan fingerprint density at radius 1 is 1.15 bits per heavy atom. The topological polar surface area (TPSA) is 44.5 Å². The van der Waals surface area contributed by atoms with E-state index in [1.807, 2.05) is 36.5 Å². The van der Waals surface area contributed by atoms with Crippen LogP contribution in [0.5, 0.6) is 0 Å². The molecule has 0 atom stereocenters. The highest BCUT2D eigenvalue weighted by Gasteiger charge is 2.26. The van der Waals surface area contributed by atoms with Crippen LogP contribution in [0.3, 0.4) is 0 Å². The zero-order chi connectivity index (χ0) is 22.5. The van der Waals surface area contributed by atoms with Gasteiger partial charge in [0.25, 0.3) is 0 Å². The van der Waals surface area contributed by atoms with E-state index in [9.17, 15) is 0 Å². The maximum absolute atomic E-state index is 6.12. The van der Waals surface area contributed by atoms with Crippen LogP contribution in [0.25, 0.3) is 10.9 Å². The van der Waals surface area contributed by atoms with E-state index >= 15 is 0 Å². The minimum Gasteiger partial charge on any atom is -0.468 e. The molecule has 33 heavy (non-hydrogen) atoms. The van der Waals surface area contributed by atoms with Gasteiger partial charge in [0.2, 0.25) is 0 Å². The van der Waals surface area contributed by atoms with E-state index in [4.69, 9.17) is 16.0 Å². The van der Waals surface area contributed by atoms with E-state index in [2.05, 4.69) is 44.4 Å². The van der Waals surface area contributed by atoms with E-state index in [0.29, 0.717) is 6.04 Å². The van der Waals surface area contributed by atoms with Crippen LogP contribution in [0.4, 0.5) is 5.69 Å². The minimum absolute atomic E-state index is 0.592. The molecule has 0 unspecified atom stereocenters. The first kappa shape index (κ1) is 22.2. The van der Waals surface area contributed by atoms with Crippen LogP contribution in [0, 0.1) is 0 Å². The molecule has 5 nitrogen and oxygen atoms in total. The van der Waals surface area contributed by atoms with Crippen LogP contribution in [0.1, 0.15) is 25.0 Å². The lowest BCUT2D eigenvalue weighted by Gasteiger charge is -2.38. The summed E-state index contributed by atoms with van der Waals surface area (Å²) in [5.74, 6) is 1.05. The van der Waals surface area contributed by atoms with Crippen LogP contribution >= 0.6 is 11.6 Å². The number of allylic oxidation sites excluding steroid dienone is 3. The molecule has 2 aromatic heterocycles. The molecule has 3 aromatic rings. The van der Waals surface area contributed by atoms with E-state index < -0.39 is 0 Å². The number of rotatable bonds is 9. The van der Waals surface area contributed by atoms with Crippen LogP contribution < -0.4 is 5.32 Å². The summed E-state index contributed by atoms with van der Waals surface area (Å²) in [4.78, 5) is 9.62. The highest BCUT2D eigenvalue weighted by atomic mass is 35.5. The van der Waals surface area contributed by atoms with Gasteiger partial charge in [0.15, 0.2) is 0 Å². The Bertz CT molecular complexity index is 1120. The zero-order valence-electron chi connectivity index (χ0n) is 18.9. The fourth-order valence-electron chi connectivity index (χ4n) is 4.92. The Hall–Kier alpha value is -2.60. The number of nitrogens with zero attached hydrogens (tertiary/aromatic N) is 3. The van der Waals surface area contributed by atoms with Crippen molar-refractivity contribution in [2.45, 2.75) is 31.8 Å². The Morgan fingerprint density at radius 2 is 2.06 bits per heavy atom. The third kappa shape index (κ3) is 5.67. The molecule has 0 bridgehead atoms. The predicted octanol–water partition coefficient (Wildman–Crippen LogP) is 5.75. The van der Waals surface area contributed by atoms with Crippen molar-refractivity contribution < 1.29 is 4.42 Å². The van der Waals surface area contributed by atoms with Gasteiger partial charge in [-0.3, -0.25) is 9.88 Å². The van der Waals surface area contributed by atoms with Crippen molar-refractivity contribution in [2.24, 2.45) is 0 Å². The third-order valence-corrected chi connectivity index (χ3v) is 6.95. The minimum atomic E-state index is 0.592. The van der Waals surface area contributed by atoms with Crippen molar-refractivity contribution in [2.75, 3.05) is 38.0 Å². The number of halogens is 1. The van der Waals surface area contributed by atoms with Crippen LogP contribution in [0.2, 0.25) is 5.02 Å². The molecule has 1 aromatic carbocycles. The number of piperidine rings is 1. The van der Waals surface area contributed by atoms with Crippen LogP contribution in [-0.4, -0.2) is 53.5 Å². The van der Waals surface area contributed by atoms with Gasteiger partial charge >= 0.3 is 0 Å². The molecule has 1 fully saturated rings. The van der Waals surface area contributed by atoms with Gasteiger partial charge in [0, 0.05) is 48.0 Å². The zero-order valence-corrected chi connectivity index (χ0v) is 19.7. The smallest absolute Gasteiger partial charge is 0.117 e. The molecule has 1 saturated heterocycles. The highest BCUT2D eigenvalue weighted by molar-refractivity contribution is 6.31. The number of nitrogens with one attached hydrogen (secondary N) is 1. The average Bonchev–Trinajstić information content (AvgIpc) is 3.54. The molecule has 0 radical (unpaired) electrons. The Kier molecular flexibility index (Phi) is 7.10. The first-order valence-corrected chi connectivity index (χ1v) is 12.2. The number of likely N-dealkylation sites (tertiary alicyclic amines) is 1. The Labute approximate surface area is 200 Å². The number of hydrogen-bond acceptors (Lipinski definition) is 5. The molecule has 0 spiro atoms. The molecule has 5 rings (SSSR count). The molecule has 1 aliphatic heterocycles. The predicted molar refractivity (Wildman–Crippen MR) is 136 cm³/mol. The summed E-state index contributed by atoms with van der Waals surface area (Å²) in [6.45, 7) is 6.13. The number of aromatic nitrogens is 1. The Morgan fingerprint density at radius 3 is 2.85 bits per heavy atom. The summed E-state index contributed by atoms with van der Waals surface area (Å²) in [6.07, 6.45) is 13.8. The normalized spacial score (nSPS) is 17.2. The van der Waals surface area contributed by atoms with Crippen LogP contribution in [0.15, 0.2) is 77.1 Å². The standard InChI is InChI=1S/C27H31ClN4O/c28-22-7-8-25-26(9-12-29-27(25)18-22)30-13-16-31-14-10-23(11-15-31)32(19-21-4-1-2-5-21)20-24-6-3-17-33-24/h1-4,6-9,12,17-18,23H,5,10-11,13-16,19-20H2,(H,29,30). The maximum Gasteiger partial charge on any atom is 0.117 e. The second-order valence-corrected chi connectivity index (χ2v) is 9.40. The van der Waals surface area contributed by atoms with E-state index in [1.54, 1.807) is 6.26 Å². The summed E-state index contributed by atoms with van der Waals surface area (Å²) in [7, 11) is 0. The number of hydrogen-bond donors (Lipinski definition) is 1. The SMILES string of the molecule is Clc1ccc2c(NCCN3CCC(N(CC4=CC=CC4)Cc4ccco4)CC3)ccnc2c1. The summed E-state index contributed by atoms with van der Waals surface area (Å²) in [5, 5.41) is 5.44. The molecule has 0 saturated carbocycles. The second-order valence-electron chi connectivity index (χ2n) is 8.96. The van der Waals surface area contributed by atoms with Gasteiger partial charge in [0.05, 0.1) is 18.3 Å². The largest absolute Gasteiger partial charge is 0.468 e. The van der Waals surface area contributed by atoms with E-state index in [0.717, 1.165) is 73.1 Å². The maximum atomic E-state index is 6.12. The molecule has 3 heterocycles. The van der Waals surface area contributed by atoms with E-state index in [1.165, 1.54) is 18.4 Å². The fourth-order valence-corrected chi connectivity index (χ4v) is 5.09. The van der Waals surface area contributed by atoms with E-state index in [-0.39, 0.29) is 0 Å². The van der Waals surface area contributed by atoms with Gasteiger partial charge in [-0.15, -0.1) is 0 Å². The first-order chi connectivity index (χ1) is 16.2. The fraction of sp³-hybridized carbons (Fsp3) is 0.370. The molecule has 1 N–H and O–H groups in total. The van der Waals surface area contributed by atoms with Crippen molar-refractivity contribution in [1.29, 1.82) is 0 Å². The molecular weight excluding hydrogens is 432 g/mol. The first-order valence-electron chi connectivity index (χ1n) is 11.9. The summed E-state index contributed by atoms with van der Waals surface area (Å²) >= 11 is 6.12. The van der Waals surface area contributed by atoms with Gasteiger partial charge < -0.3 is 14.6 Å². The van der Waals surface area contributed by atoms with Gasteiger partial charge in [-0.1, -0.05) is 35.4 Å². The lowest BCUT2D eigenvalue weighted by Crippen LogP contribution is -2.46. The average molecular weight is 463 g/mol. The summed E-state index contributed by atoms with van der Waals surface area (Å²) < 4.78 is 5.67. The lowest BCUT2D eigenvalue weighted by molar-refractivity contribution is 0.106. The van der Waals surface area contributed by atoms with Crippen molar-refractivity contribution >= 4 is 28.2 Å². The molecule has 6 heteroatoms. The molecule has 1 aliphatic carbocycles. The number of furan rings is 1. The van der Waals surface area contributed by atoms with Gasteiger partial charge in [-0.25, -0.2) is 0 Å². The molecule has 172 valence electrons. The summed E-state index contributed by atoms with van der Waals surface area (Å²) in [5.41, 5.74) is 3.55. The van der Waals surface area contributed by atoms with Crippen LogP contribution in [-0.2, 0) is 6.54 Å². The number of pyridine rings is 1. The Balaban J connectivity index is 1.13. The molecule has 2 aliphatic rings. The lowest BCUT2D eigenvalue weighted by atomic mass is 10.0. The van der Waals surface area contributed by atoms with Crippen molar-refractivity contribution in [3.63, 3.8) is 0 Å². The van der Waals surface area contributed by atoms with Gasteiger partial charge in [-0.2, -0.15) is 0 Å². The third-order valence-electron chi connectivity index (χ3n) is 6.72. The van der Waals surface area contributed by atoms with Crippen molar-refractivity contribution in [1.82, 2.24) is 14.8 Å². The molecule has 0 amide bonds. The number of fused-ring (bicyclic) bond motifs is 1. The van der Waals surface area contributed by atoms with Crippen molar-refractivity contribution in [3.05, 3.63) is 83.4 Å².